The lowest BCUT2D eigenvalue weighted by atomic mass is 9.84. The average Bonchev–Trinajstić information content (AvgIpc) is 4.42. The Morgan fingerprint density at radius 2 is 1.29 bits per heavy atom. The second-order valence-electron chi connectivity index (χ2n) is 21.4. The summed E-state index contributed by atoms with van der Waals surface area (Å²) in [6, 6.07) is 28.5. The summed E-state index contributed by atoms with van der Waals surface area (Å²) in [5, 5.41) is 22.6. The standard InChI is InChI=1S/C62H73N13O8S2/c1-36(2)53-62(83)73-51(61(82)75-54(55(65)76)52(39-16-5-3-6-17-39)40-18-7-4-8-19-40)34-85-84-33-50(72-56(77)45(64)28-37-24-25-38-15-9-10-20-41(38)27-37)60(81)71-49(30-43-32-66-35-68-43)59(80)70-48(29-42-31-67-46-22-12-11-21-44(42)46)58(79)69-47(57(78)74-53)23-13-14-26-63/h3-12,15-22,24-25,27,31-32,35-36,45,47-54,67H,13-14,23,26,28-30,33-34,63-64H2,1-2H3,(H2,65,76)(H,66,68)(H,69,79)(H,70,80)(H,71,81)(H,72,77)(H,73,83)(H,74,78)(H,75,82)/t45-,47-,48+,49-,50+,51-,53-,54+/m0/s1. The molecule has 7 aromatic rings. The molecule has 8 rings (SSSR count). The number of nitrogens with one attached hydrogen (secondary N) is 9. The van der Waals surface area contributed by atoms with Crippen molar-refractivity contribution in [2.24, 2.45) is 23.1 Å². The van der Waals surface area contributed by atoms with Gasteiger partial charge in [0.25, 0.3) is 0 Å². The van der Waals surface area contributed by atoms with Crippen LogP contribution in [0.25, 0.3) is 21.7 Å². The SMILES string of the molecule is CC(C)[C@@H]1NC(=O)[C@H](CCCCN)NC(=O)[C@@H](Cc2c[nH]c3ccccc23)NC(=O)[C@H](Cc2cnc[nH]2)NC(=O)[C@H](NC(=O)[C@@H](N)Cc2ccc3ccccc3c2)CSSC[C@@H](C(=O)N[C@@H](C(N)=O)C(c2ccccc2)c2ccccc2)NC1=O. The molecule has 0 spiro atoms. The first-order valence-corrected chi connectivity index (χ1v) is 30.8. The first-order chi connectivity index (χ1) is 41.1. The Balaban J connectivity index is 1.15. The zero-order valence-corrected chi connectivity index (χ0v) is 48.9. The fourth-order valence-corrected chi connectivity index (χ4v) is 12.6. The second kappa shape index (κ2) is 30.3. The smallest absolute Gasteiger partial charge is 0.244 e. The molecular formula is C62H73N13O8S2. The van der Waals surface area contributed by atoms with Gasteiger partial charge in [-0.15, -0.1) is 0 Å². The number of carbonyl (C=O) groups is 8. The zero-order chi connectivity index (χ0) is 60.4. The maximum absolute atomic E-state index is 14.9. The monoisotopic (exact) mass is 1190 g/mol. The second-order valence-corrected chi connectivity index (χ2v) is 24.0. The molecule has 0 bridgehead atoms. The Hall–Kier alpha value is -8.51. The summed E-state index contributed by atoms with van der Waals surface area (Å²) < 4.78 is 0. The molecule has 8 amide bonds. The molecule has 8 atom stereocenters. The number of benzene rings is 5. The maximum atomic E-state index is 14.9. The van der Waals surface area contributed by atoms with Crippen molar-refractivity contribution in [3.8, 4) is 0 Å². The molecule has 23 heteroatoms. The summed E-state index contributed by atoms with van der Waals surface area (Å²) >= 11 is 0. The number of amides is 8. The van der Waals surface area contributed by atoms with E-state index in [1.807, 2.05) is 103 Å². The molecule has 3 heterocycles. The van der Waals surface area contributed by atoms with Crippen molar-refractivity contribution in [1.29, 1.82) is 0 Å². The molecule has 85 heavy (non-hydrogen) atoms. The van der Waals surface area contributed by atoms with Crippen LogP contribution in [0.2, 0.25) is 0 Å². The van der Waals surface area contributed by atoms with Crippen LogP contribution in [0.1, 0.15) is 67.0 Å². The van der Waals surface area contributed by atoms with Crippen LogP contribution in [0.4, 0.5) is 0 Å². The summed E-state index contributed by atoms with van der Waals surface area (Å²) in [7, 11) is 2.15. The van der Waals surface area contributed by atoms with Gasteiger partial charge in [-0.2, -0.15) is 0 Å². The van der Waals surface area contributed by atoms with Crippen molar-refractivity contribution in [2.75, 3.05) is 18.1 Å². The highest BCUT2D eigenvalue weighted by molar-refractivity contribution is 8.76. The third-order valence-corrected chi connectivity index (χ3v) is 17.3. The highest BCUT2D eigenvalue weighted by atomic mass is 33.1. The summed E-state index contributed by atoms with van der Waals surface area (Å²) in [4.78, 5) is 127. The van der Waals surface area contributed by atoms with Gasteiger partial charge in [0.05, 0.1) is 12.4 Å². The zero-order valence-electron chi connectivity index (χ0n) is 47.3. The number of carbonyl (C=O) groups excluding carboxylic acids is 8. The molecule has 1 aliphatic rings. The molecule has 0 saturated carbocycles. The van der Waals surface area contributed by atoms with Crippen LogP contribution in [0.15, 0.2) is 146 Å². The Labute approximate surface area is 500 Å². The number of aromatic amines is 2. The van der Waals surface area contributed by atoms with Gasteiger partial charge in [-0.3, -0.25) is 38.4 Å². The van der Waals surface area contributed by atoms with Crippen molar-refractivity contribution in [1.82, 2.24) is 52.2 Å². The van der Waals surface area contributed by atoms with Crippen LogP contribution in [-0.2, 0) is 57.6 Å². The number of nitrogens with two attached hydrogens (primary N) is 3. The summed E-state index contributed by atoms with van der Waals surface area (Å²) in [6.07, 6.45) is 5.50. The number of H-pyrrole nitrogens is 2. The van der Waals surface area contributed by atoms with Crippen LogP contribution in [-0.4, -0.2) is 129 Å². The predicted octanol–water partition coefficient (Wildman–Crippen LogP) is 3.29. The van der Waals surface area contributed by atoms with Gasteiger partial charge < -0.3 is 64.4 Å². The normalized spacial score (nSPS) is 20.3. The molecule has 0 aliphatic carbocycles. The molecule has 0 radical (unpaired) electrons. The maximum Gasteiger partial charge on any atom is 0.244 e. The molecule has 1 fully saturated rings. The van der Waals surface area contributed by atoms with E-state index in [-0.39, 0.29) is 37.2 Å². The van der Waals surface area contributed by atoms with Crippen LogP contribution >= 0.6 is 21.6 Å². The van der Waals surface area contributed by atoms with Crippen molar-refractivity contribution < 1.29 is 38.4 Å². The summed E-state index contributed by atoms with van der Waals surface area (Å²) in [5.41, 5.74) is 22.6. The third kappa shape index (κ3) is 17.1. The van der Waals surface area contributed by atoms with Crippen molar-refractivity contribution in [3.05, 3.63) is 174 Å². The van der Waals surface area contributed by atoms with E-state index in [0.717, 1.165) is 48.8 Å². The number of hydrogen-bond acceptors (Lipinski definition) is 13. The third-order valence-electron chi connectivity index (χ3n) is 14.9. The van der Waals surface area contributed by atoms with E-state index in [4.69, 9.17) is 17.2 Å². The number of aromatic nitrogens is 3. The molecule has 0 unspecified atom stereocenters. The molecule has 5 aromatic carbocycles. The Bertz CT molecular complexity index is 3380. The van der Waals surface area contributed by atoms with Gasteiger partial charge >= 0.3 is 0 Å². The van der Waals surface area contributed by atoms with Gasteiger partial charge in [-0.25, -0.2) is 4.98 Å². The van der Waals surface area contributed by atoms with Crippen LogP contribution in [0.5, 0.6) is 0 Å². The highest BCUT2D eigenvalue weighted by Gasteiger charge is 2.38. The quantitative estimate of drug-likeness (QED) is 0.0409. The number of imidazole rings is 1. The van der Waals surface area contributed by atoms with E-state index in [1.165, 1.54) is 12.5 Å². The van der Waals surface area contributed by atoms with Gasteiger partial charge in [0.2, 0.25) is 47.3 Å². The van der Waals surface area contributed by atoms with Gasteiger partial charge in [0.1, 0.15) is 42.3 Å². The molecule has 1 aliphatic heterocycles. The first-order valence-electron chi connectivity index (χ1n) is 28.3. The summed E-state index contributed by atoms with van der Waals surface area (Å²) in [6.45, 7) is 3.70. The Morgan fingerprint density at radius 1 is 0.671 bits per heavy atom. The largest absolute Gasteiger partial charge is 0.368 e. The van der Waals surface area contributed by atoms with E-state index < -0.39 is 107 Å². The van der Waals surface area contributed by atoms with Crippen LogP contribution in [0.3, 0.4) is 0 Å². The molecule has 446 valence electrons. The number of hydrogen-bond donors (Lipinski definition) is 12. The molecule has 21 nitrogen and oxygen atoms in total. The number of unbranched alkanes of at least 4 members (excludes halogenated alkanes) is 1. The number of nitrogens with zero attached hydrogens (tertiary/aromatic N) is 1. The number of rotatable bonds is 19. The lowest BCUT2D eigenvalue weighted by Crippen LogP contribution is -2.62. The first kappa shape index (κ1) is 62.5. The van der Waals surface area contributed by atoms with E-state index in [0.29, 0.717) is 41.8 Å². The van der Waals surface area contributed by atoms with E-state index >= 15 is 0 Å². The van der Waals surface area contributed by atoms with E-state index in [1.54, 1.807) is 44.3 Å². The van der Waals surface area contributed by atoms with Gasteiger partial charge in [0.15, 0.2) is 0 Å². The van der Waals surface area contributed by atoms with Gasteiger partial charge in [-0.05, 0) is 77.2 Å². The van der Waals surface area contributed by atoms with Gasteiger partial charge in [-0.1, -0.05) is 157 Å². The average molecular weight is 1190 g/mol. The van der Waals surface area contributed by atoms with Crippen molar-refractivity contribution in [2.45, 2.75) is 107 Å². The minimum Gasteiger partial charge on any atom is -0.368 e. The Morgan fingerprint density at radius 3 is 1.96 bits per heavy atom. The topological polar surface area (TPSA) is 343 Å². The van der Waals surface area contributed by atoms with Crippen molar-refractivity contribution in [3.63, 3.8) is 0 Å². The van der Waals surface area contributed by atoms with Crippen LogP contribution in [0, 0.1) is 5.92 Å². The highest BCUT2D eigenvalue weighted by Crippen LogP contribution is 2.30. The Kier molecular flexibility index (Phi) is 22.3. The van der Waals surface area contributed by atoms with Crippen molar-refractivity contribution >= 4 is 90.5 Å². The fourth-order valence-electron chi connectivity index (χ4n) is 10.2. The summed E-state index contributed by atoms with van der Waals surface area (Å²) in [5.74, 6) is -7.79. The number of para-hydroxylation sites is 1. The predicted molar refractivity (Wildman–Crippen MR) is 330 cm³/mol. The molecule has 1 saturated heterocycles. The molecule has 2 aromatic heterocycles. The minimum absolute atomic E-state index is 0.0698. The van der Waals surface area contributed by atoms with Gasteiger partial charge in [0, 0.05) is 59.3 Å². The molecule has 15 N–H and O–H groups in total. The van der Waals surface area contributed by atoms with Crippen LogP contribution < -0.4 is 54.4 Å². The molecular weight excluding hydrogens is 1120 g/mol. The van der Waals surface area contributed by atoms with E-state index in [9.17, 15) is 38.4 Å². The minimum atomic E-state index is -1.41. The number of fused-ring (bicyclic) bond motifs is 2. The lowest BCUT2D eigenvalue weighted by Gasteiger charge is -2.30. The number of primary amides is 1. The lowest BCUT2D eigenvalue weighted by molar-refractivity contribution is -0.136. The van der Waals surface area contributed by atoms with E-state index in [2.05, 4.69) is 52.2 Å². The fraction of sp³-hybridized carbons (Fsp3) is 0.339.